The number of ether oxygens (including phenoxy) is 1. The Morgan fingerprint density at radius 3 is 2.26 bits per heavy atom. The fourth-order valence-corrected chi connectivity index (χ4v) is 3.36. The maximum Gasteiger partial charge on any atom is 0.410 e. The summed E-state index contributed by atoms with van der Waals surface area (Å²) >= 11 is 0. The van der Waals surface area contributed by atoms with E-state index in [-0.39, 0.29) is 17.9 Å². The van der Waals surface area contributed by atoms with Crippen LogP contribution in [0, 0.1) is 17.8 Å². The van der Waals surface area contributed by atoms with Gasteiger partial charge >= 0.3 is 6.09 Å². The Hall–Kier alpha value is -1.26. The molecule has 2 amide bonds. The second-order valence-electron chi connectivity index (χ2n) is 8.37. The summed E-state index contributed by atoms with van der Waals surface area (Å²) in [4.78, 5) is 28.3. The number of nitrogens with zero attached hydrogens (tertiary/aromatic N) is 2. The van der Waals surface area contributed by atoms with Crippen LogP contribution >= 0.6 is 0 Å². The molecule has 0 aliphatic carbocycles. The molecule has 132 valence electrons. The number of likely N-dealkylation sites (tertiary alicyclic amines) is 2. The Morgan fingerprint density at radius 2 is 1.65 bits per heavy atom. The zero-order chi connectivity index (χ0) is 17.2. The molecule has 0 unspecified atom stereocenters. The minimum absolute atomic E-state index is 0.250. The fourth-order valence-electron chi connectivity index (χ4n) is 3.36. The van der Waals surface area contributed by atoms with Crippen LogP contribution in [0.5, 0.6) is 0 Å². The largest absolute Gasteiger partial charge is 0.444 e. The first-order valence-electron chi connectivity index (χ1n) is 8.91. The molecule has 3 atom stereocenters. The Kier molecular flexibility index (Phi) is 5.58. The third-order valence-corrected chi connectivity index (χ3v) is 5.09. The molecule has 0 aromatic heterocycles. The van der Waals surface area contributed by atoms with Crippen molar-refractivity contribution in [2.45, 2.75) is 59.5 Å². The lowest BCUT2D eigenvalue weighted by atomic mass is 9.88. The molecule has 5 nitrogen and oxygen atoms in total. The molecule has 2 rings (SSSR count). The number of hydrogen-bond acceptors (Lipinski definition) is 3. The minimum atomic E-state index is -0.467. The topological polar surface area (TPSA) is 49.9 Å². The van der Waals surface area contributed by atoms with Gasteiger partial charge in [-0.1, -0.05) is 13.8 Å². The van der Waals surface area contributed by atoms with E-state index in [1.54, 1.807) is 4.90 Å². The van der Waals surface area contributed by atoms with Crippen LogP contribution in [0.1, 0.15) is 53.9 Å². The SMILES string of the molecule is C[C@@H]1CCN(C(=O)C[C@@H]2CCN(C(=O)OC(C)(C)C)C2)C[C@@H]1C. The zero-order valence-electron chi connectivity index (χ0n) is 15.3. The highest BCUT2D eigenvalue weighted by molar-refractivity contribution is 5.77. The summed E-state index contributed by atoms with van der Waals surface area (Å²) in [7, 11) is 0. The van der Waals surface area contributed by atoms with Gasteiger partial charge in [-0.25, -0.2) is 4.79 Å². The van der Waals surface area contributed by atoms with Crippen molar-refractivity contribution in [1.82, 2.24) is 9.80 Å². The van der Waals surface area contributed by atoms with Gasteiger partial charge in [0.05, 0.1) is 0 Å². The molecule has 0 bridgehead atoms. The normalized spacial score (nSPS) is 28.8. The van der Waals surface area contributed by atoms with Crippen LogP contribution in [0.4, 0.5) is 4.79 Å². The number of piperidine rings is 1. The van der Waals surface area contributed by atoms with Crippen molar-refractivity contribution in [3.8, 4) is 0 Å². The van der Waals surface area contributed by atoms with E-state index in [0.29, 0.717) is 31.3 Å². The molecule has 2 fully saturated rings. The van der Waals surface area contributed by atoms with Gasteiger partial charge in [-0.3, -0.25) is 4.79 Å². The van der Waals surface area contributed by atoms with Crippen LogP contribution in [0.2, 0.25) is 0 Å². The van der Waals surface area contributed by atoms with Gasteiger partial charge in [-0.15, -0.1) is 0 Å². The van der Waals surface area contributed by atoms with E-state index in [0.717, 1.165) is 25.9 Å². The van der Waals surface area contributed by atoms with Gasteiger partial charge in [0.2, 0.25) is 5.91 Å². The van der Waals surface area contributed by atoms with Crippen molar-refractivity contribution >= 4 is 12.0 Å². The number of hydrogen-bond donors (Lipinski definition) is 0. The van der Waals surface area contributed by atoms with Crippen molar-refractivity contribution in [2.75, 3.05) is 26.2 Å². The summed E-state index contributed by atoms with van der Waals surface area (Å²) in [5, 5.41) is 0. The minimum Gasteiger partial charge on any atom is -0.444 e. The highest BCUT2D eigenvalue weighted by Gasteiger charge is 2.33. The number of rotatable bonds is 2. The van der Waals surface area contributed by atoms with Gasteiger partial charge < -0.3 is 14.5 Å². The van der Waals surface area contributed by atoms with Crippen molar-refractivity contribution in [1.29, 1.82) is 0 Å². The van der Waals surface area contributed by atoms with Gasteiger partial charge in [0, 0.05) is 32.6 Å². The van der Waals surface area contributed by atoms with Crippen molar-refractivity contribution < 1.29 is 14.3 Å². The van der Waals surface area contributed by atoms with Crippen LogP contribution in [0.25, 0.3) is 0 Å². The standard InChI is InChI=1S/C18H32N2O3/c1-13-6-8-19(11-14(13)2)16(21)10-15-7-9-20(12-15)17(22)23-18(3,4)5/h13-15H,6-12H2,1-5H3/t13-,14+,15+/m1/s1. The van der Waals surface area contributed by atoms with Crippen LogP contribution < -0.4 is 0 Å². The average molecular weight is 324 g/mol. The van der Waals surface area contributed by atoms with Crippen LogP contribution in [0.15, 0.2) is 0 Å². The summed E-state index contributed by atoms with van der Waals surface area (Å²) in [6.45, 7) is 13.2. The molecule has 2 aliphatic heterocycles. The van der Waals surface area contributed by atoms with Gasteiger partial charge in [-0.2, -0.15) is 0 Å². The van der Waals surface area contributed by atoms with Crippen LogP contribution in [0.3, 0.4) is 0 Å². The highest BCUT2D eigenvalue weighted by Crippen LogP contribution is 2.26. The molecule has 2 aliphatic rings. The number of carbonyl (C=O) groups excluding carboxylic acids is 2. The molecule has 0 N–H and O–H groups in total. The summed E-state index contributed by atoms with van der Waals surface area (Å²) in [6.07, 6.45) is 2.29. The van der Waals surface area contributed by atoms with E-state index in [1.165, 1.54) is 0 Å². The Bertz CT molecular complexity index is 444. The Balaban J connectivity index is 1.79. The molecular weight excluding hydrogens is 292 g/mol. The molecule has 23 heavy (non-hydrogen) atoms. The molecule has 2 saturated heterocycles. The smallest absolute Gasteiger partial charge is 0.410 e. The van der Waals surface area contributed by atoms with E-state index in [9.17, 15) is 9.59 Å². The van der Waals surface area contributed by atoms with Gasteiger partial charge in [0.25, 0.3) is 0 Å². The van der Waals surface area contributed by atoms with Crippen molar-refractivity contribution in [3.63, 3.8) is 0 Å². The lowest BCUT2D eigenvalue weighted by Crippen LogP contribution is -2.43. The lowest BCUT2D eigenvalue weighted by molar-refractivity contribution is -0.134. The molecule has 0 aromatic carbocycles. The summed E-state index contributed by atoms with van der Waals surface area (Å²) < 4.78 is 5.41. The molecule has 0 radical (unpaired) electrons. The van der Waals surface area contributed by atoms with E-state index in [4.69, 9.17) is 4.74 Å². The average Bonchev–Trinajstić information content (AvgIpc) is 2.88. The number of carbonyl (C=O) groups is 2. The third kappa shape index (κ3) is 5.11. The van der Waals surface area contributed by atoms with Crippen LogP contribution in [-0.2, 0) is 9.53 Å². The zero-order valence-corrected chi connectivity index (χ0v) is 15.3. The monoisotopic (exact) mass is 324 g/mol. The number of amides is 2. The molecule has 5 heteroatoms. The molecule has 0 saturated carbocycles. The first-order chi connectivity index (χ1) is 10.7. The summed E-state index contributed by atoms with van der Waals surface area (Å²) in [5.74, 6) is 1.80. The fraction of sp³-hybridized carbons (Fsp3) is 0.889. The quantitative estimate of drug-likeness (QED) is 0.784. The highest BCUT2D eigenvalue weighted by atomic mass is 16.6. The van der Waals surface area contributed by atoms with E-state index >= 15 is 0 Å². The summed E-state index contributed by atoms with van der Waals surface area (Å²) in [5.41, 5.74) is -0.467. The first-order valence-corrected chi connectivity index (χ1v) is 8.91. The third-order valence-electron chi connectivity index (χ3n) is 5.09. The van der Waals surface area contributed by atoms with Gasteiger partial charge in [0.15, 0.2) is 0 Å². The second kappa shape index (κ2) is 7.10. The maximum atomic E-state index is 12.5. The van der Waals surface area contributed by atoms with E-state index in [2.05, 4.69) is 13.8 Å². The Labute approximate surface area is 140 Å². The summed E-state index contributed by atoms with van der Waals surface area (Å²) in [6, 6.07) is 0. The predicted molar refractivity (Wildman–Crippen MR) is 90.1 cm³/mol. The van der Waals surface area contributed by atoms with E-state index in [1.807, 2.05) is 25.7 Å². The lowest BCUT2D eigenvalue weighted by Gasteiger charge is -2.35. The molecular formula is C18H32N2O3. The second-order valence-corrected chi connectivity index (χ2v) is 8.37. The molecule has 0 spiro atoms. The Morgan fingerprint density at radius 1 is 1.00 bits per heavy atom. The predicted octanol–water partition coefficient (Wildman–Crippen LogP) is 3.14. The maximum absolute atomic E-state index is 12.5. The van der Waals surface area contributed by atoms with Gasteiger partial charge in [0.1, 0.15) is 5.60 Å². The van der Waals surface area contributed by atoms with Crippen molar-refractivity contribution in [3.05, 3.63) is 0 Å². The first kappa shape index (κ1) is 18.1. The van der Waals surface area contributed by atoms with E-state index < -0.39 is 5.60 Å². The van der Waals surface area contributed by atoms with Crippen molar-refractivity contribution in [2.24, 2.45) is 17.8 Å². The van der Waals surface area contributed by atoms with Crippen LogP contribution in [-0.4, -0.2) is 53.6 Å². The molecule has 0 aromatic rings. The molecule has 2 heterocycles. The van der Waals surface area contributed by atoms with Gasteiger partial charge in [-0.05, 0) is 51.4 Å².